The highest BCUT2D eigenvalue weighted by molar-refractivity contribution is 7.47. The van der Waals surface area contributed by atoms with E-state index in [0.717, 1.165) is 115 Å². The van der Waals surface area contributed by atoms with Gasteiger partial charge in [-0.1, -0.05) is 254 Å². The van der Waals surface area contributed by atoms with Gasteiger partial charge in [-0.05, 0) is 49.4 Å². The lowest BCUT2D eigenvalue weighted by atomic mass is 10.00. The van der Waals surface area contributed by atoms with Gasteiger partial charge in [0, 0.05) is 25.7 Å². The Kier molecular flexibility index (Phi) is 53.0. The summed E-state index contributed by atoms with van der Waals surface area (Å²) >= 11 is 0. The van der Waals surface area contributed by atoms with Gasteiger partial charge in [0.2, 0.25) is 0 Å². The van der Waals surface area contributed by atoms with E-state index in [2.05, 4.69) is 55.4 Å². The number of rotatable bonds is 61. The van der Waals surface area contributed by atoms with Gasteiger partial charge in [0.25, 0.3) is 0 Å². The van der Waals surface area contributed by atoms with Crippen LogP contribution in [-0.2, 0) is 65.4 Å². The summed E-state index contributed by atoms with van der Waals surface area (Å²) in [7, 11) is -9.89. The zero-order chi connectivity index (χ0) is 61.8. The van der Waals surface area contributed by atoms with Gasteiger partial charge in [0.05, 0.1) is 26.4 Å². The van der Waals surface area contributed by atoms with E-state index < -0.39 is 97.5 Å². The van der Waals surface area contributed by atoms with Crippen molar-refractivity contribution >= 4 is 39.5 Å². The second-order valence-corrected chi connectivity index (χ2v) is 27.7. The maximum absolute atomic E-state index is 13.0. The molecule has 0 aliphatic rings. The number of carbonyl (C=O) groups is 4. The molecule has 0 fully saturated rings. The van der Waals surface area contributed by atoms with Crippen LogP contribution >= 0.6 is 15.6 Å². The molecule has 0 rings (SSSR count). The summed E-state index contributed by atoms with van der Waals surface area (Å²) < 4.78 is 67.9. The normalized spacial score (nSPS) is 14.8. The highest BCUT2D eigenvalue weighted by atomic mass is 31.2. The topological polar surface area (TPSA) is 237 Å². The number of ether oxygens (including phenoxy) is 4. The van der Waals surface area contributed by atoms with Crippen LogP contribution in [0, 0.1) is 23.7 Å². The summed E-state index contributed by atoms with van der Waals surface area (Å²) in [5, 5.41) is 10.5. The highest BCUT2D eigenvalue weighted by Crippen LogP contribution is 2.45. The van der Waals surface area contributed by atoms with Crippen molar-refractivity contribution in [1.29, 1.82) is 0 Å². The predicted octanol–water partition coefficient (Wildman–Crippen LogP) is 17.4. The van der Waals surface area contributed by atoms with Crippen LogP contribution in [0.2, 0.25) is 0 Å². The number of hydrogen-bond acceptors (Lipinski definition) is 15. The summed E-state index contributed by atoms with van der Waals surface area (Å²) in [6, 6.07) is 0. The summed E-state index contributed by atoms with van der Waals surface area (Å²) in [5.74, 6) is 0.727. The SMILES string of the molecule is CCC(C)CCCCCCCCC(=O)OC[C@H](COP(=O)(O)OC[C@H](O)COP(=O)(O)OC[C@@H](COC(=O)CCCCCCCCCC(C)C)OC(=O)CCCCCCCCCCCCCC(C)C)OC(=O)CCCCCCCCC(C)C. The number of hydrogen-bond donors (Lipinski definition) is 3. The van der Waals surface area contributed by atoms with Crippen molar-refractivity contribution in [3.63, 3.8) is 0 Å². The zero-order valence-corrected chi connectivity index (χ0v) is 55.6. The summed E-state index contributed by atoms with van der Waals surface area (Å²) in [5.41, 5.74) is 0. The Labute approximate surface area is 505 Å². The van der Waals surface area contributed by atoms with Crippen molar-refractivity contribution in [2.45, 2.75) is 324 Å². The van der Waals surface area contributed by atoms with E-state index in [-0.39, 0.29) is 25.7 Å². The second kappa shape index (κ2) is 54.2. The number of esters is 4. The molecule has 0 heterocycles. The van der Waals surface area contributed by atoms with Crippen LogP contribution in [-0.4, -0.2) is 96.7 Å². The predicted molar refractivity (Wildman–Crippen MR) is 331 cm³/mol. The van der Waals surface area contributed by atoms with Crippen molar-refractivity contribution in [3.8, 4) is 0 Å². The number of phosphoric acid groups is 2. The Hall–Kier alpha value is -1.94. The van der Waals surface area contributed by atoms with Gasteiger partial charge in [0.1, 0.15) is 19.3 Å². The van der Waals surface area contributed by atoms with Gasteiger partial charge < -0.3 is 33.8 Å². The molecule has 3 N–H and O–H groups in total. The summed E-state index contributed by atoms with van der Waals surface area (Å²) in [4.78, 5) is 72.2. The monoisotopic (exact) mass is 1230 g/mol. The van der Waals surface area contributed by atoms with Gasteiger partial charge in [-0.3, -0.25) is 37.3 Å². The molecule has 0 spiro atoms. The van der Waals surface area contributed by atoms with Gasteiger partial charge in [-0.2, -0.15) is 0 Å². The van der Waals surface area contributed by atoms with Crippen LogP contribution in [0.1, 0.15) is 306 Å². The molecule has 0 aromatic carbocycles. The van der Waals surface area contributed by atoms with Gasteiger partial charge in [-0.15, -0.1) is 0 Å². The lowest BCUT2D eigenvalue weighted by molar-refractivity contribution is -0.161. The molecule has 0 aliphatic carbocycles. The van der Waals surface area contributed by atoms with E-state index in [1.54, 1.807) is 0 Å². The van der Waals surface area contributed by atoms with Crippen LogP contribution in [0.25, 0.3) is 0 Å². The first-order valence-electron chi connectivity index (χ1n) is 33.2. The molecule has 0 bridgehead atoms. The van der Waals surface area contributed by atoms with Crippen LogP contribution in [0.5, 0.6) is 0 Å². The molecule has 6 atom stereocenters. The molecule has 0 saturated heterocycles. The molecule has 83 heavy (non-hydrogen) atoms. The lowest BCUT2D eigenvalue weighted by Crippen LogP contribution is -2.30. The van der Waals surface area contributed by atoms with Crippen LogP contribution in [0.3, 0.4) is 0 Å². The van der Waals surface area contributed by atoms with E-state index in [0.29, 0.717) is 37.5 Å². The van der Waals surface area contributed by atoms with Gasteiger partial charge in [-0.25, -0.2) is 9.13 Å². The third-order valence-electron chi connectivity index (χ3n) is 14.9. The number of aliphatic hydroxyl groups is 1. The molecule has 0 saturated carbocycles. The highest BCUT2D eigenvalue weighted by Gasteiger charge is 2.30. The molecule has 492 valence electrons. The first kappa shape index (κ1) is 81.1. The fourth-order valence-electron chi connectivity index (χ4n) is 9.40. The second-order valence-electron chi connectivity index (χ2n) is 24.8. The fourth-order valence-corrected chi connectivity index (χ4v) is 11.0. The maximum Gasteiger partial charge on any atom is 0.472 e. The van der Waals surface area contributed by atoms with E-state index in [9.17, 15) is 43.2 Å². The third kappa shape index (κ3) is 57.6. The lowest BCUT2D eigenvalue weighted by Gasteiger charge is -2.21. The van der Waals surface area contributed by atoms with Crippen LogP contribution in [0.4, 0.5) is 0 Å². The molecular formula is C64H124O17P2. The fraction of sp³-hybridized carbons (Fsp3) is 0.938. The number of phosphoric ester groups is 2. The minimum atomic E-state index is -4.95. The van der Waals surface area contributed by atoms with Crippen LogP contribution in [0.15, 0.2) is 0 Å². The smallest absolute Gasteiger partial charge is 0.462 e. The van der Waals surface area contributed by atoms with E-state index in [4.69, 9.17) is 37.0 Å². The quantitative estimate of drug-likeness (QED) is 0.0222. The summed E-state index contributed by atoms with van der Waals surface area (Å²) in [6.45, 7) is 13.9. The number of aliphatic hydroxyl groups excluding tert-OH is 1. The molecule has 0 amide bonds. The third-order valence-corrected chi connectivity index (χ3v) is 16.8. The van der Waals surface area contributed by atoms with E-state index in [1.165, 1.54) is 96.3 Å². The average Bonchev–Trinajstić information content (AvgIpc) is 3.46. The molecule has 0 aromatic rings. The zero-order valence-electron chi connectivity index (χ0n) is 53.8. The Morgan fingerprint density at radius 1 is 0.337 bits per heavy atom. The molecule has 3 unspecified atom stereocenters. The minimum absolute atomic E-state index is 0.100. The van der Waals surface area contributed by atoms with Gasteiger partial charge >= 0.3 is 39.5 Å². The standard InChI is InChI=1S/C64H124O17P2/c1-9-57(8)43-35-27-21-23-29-37-45-62(67)75-51-60(81-64(69)47-39-31-22-20-26-34-42-56(6)7)53-79-83(72,73)77-49-58(65)48-76-82(70,71)78-52-59(50-74-61(66)44-36-28-19-15-17-25-33-41-55(4)5)80-63(68)46-38-30-18-14-12-10-11-13-16-24-32-40-54(2)3/h54-60,65H,9-53H2,1-8H3,(H,70,71)(H,72,73)/t57?,58-,59-,60-/m1/s1. The molecule has 0 aromatic heterocycles. The Balaban J connectivity index is 5.24. The molecule has 19 heteroatoms. The summed E-state index contributed by atoms with van der Waals surface area (Å²) in [6.07, 6.45) is 33.7. The Bertz CT molecular complexity index is 1660. The Morgan fingerprint density at radius 3 is 0.855 bits per heavy atom. The molecular weight excluding hydrogens is 1100 g/mol. The molecule has 0 aliphatic heterocycles. The number of unbranched alkanes of at least 4 members (excludes halogenated alkanes) is 26. The Morgan fingerprint density at radius 2 is 0.578 bits per heavy atom. The van der Waals surface area contributed by atoms with Crippen molar-refractivity contribution in [2.24, 2.45) is 23.7 Å². The van der Waals surface area contributed by atoms with Crippen molar-refractivity contribution < 1.29 is 80.2 Å². The first-order chi connectivity index (χ1) is 39.6. The molecule has 17 nitrogen and oxygen atoms in total. The largest absolute Gasteiger partial charge is 0.472 e. The van der Waals surface area contributed by atoms with Crippen molar-refractivity contribution in [1.82, 2.24) is 0 Å². The maximum atomic E-state index is 13.0. The van der Waals surface area contributed by atoms with E-state index in [1.807, 2.05) is 0 Å². The van der Waals surface area contributed by atoms with Crippen molar-refractivity contribution in [2.75, 3.05) is 39.6 Å². The van der Waals surface area contributed by atoms with Crippen molar-refractivity contribution in [3.05, 3.63) is 0 Å². The van der Waals surface area contributed by atoms with Gasteiger partial charge in [0.15, 0.2) is 12.2 Å². The van der Waals surface area contributed by atoms with Crippen LogP contribution < -0.4 is 0 Å². The average molecular weight is 1230 g/mol. The first-order valence-corrected chi connectivity index (χ1v) is 36.2. The van der Waals surface area contributed by atoms with E-state index >= 15 is 0 Å². The minimum Gasteiger partial charge on any atom is -0.462 e. The molecule has 0 radical (unpaired) electrons. The number of carbonyl (C=O) groups excluding carboxylic acids is 4.